The molecule has 0 saturated carbocycles. The fraction of sp³-hybridized carbons (Fsp3) is 0.500. The second-order valence-corrected chi connectivity index (χ2v) is 4.38. The molecule has 0 bridgehead atoms. The van der Waals surface area contributed by atoms with Crippen molar-refractivity contribution >= 4 is 33.9 Å². The number of hydrogen-bond donors (Lipinski definition) is 0. The maximum Gasteiger partial charge on any atom is 0.305 e. The molecule has 1 aliphatic heterocycles. The highest BCUT2D eigenvalue weighted by Crippen LogP contribution is 2.29. The first-order chi connectivity index (χ1) is 7.08. The Bertz CT molecular complexity index is 325. The van der Waals surface area contributed by atoms with Gasteiger partial charge < -0.3 is 4.74 Å². The number of dihydropyridines is 1. The molecule has 82 valence electrons. The van der Waals surface area contributed by atoms with Gasteiger partial charge in [-0.3, -0.25) is 14.6 Å². The van der Waals surface area contributed by atoms with Crippen molar-refractivity contribution < 1.29 is 14.3 Å². The van der Waals surface area contributed by atoms with E-state index in [4.69, 9.17) is 4.74 Å². The van der Waals surface area contributed by atoms with Crippen molar-refractivity contribution in [2.24, 2.45) is 4.99 Å². The molecule has 0 aromatic carbocycles. The molecule has 1 unspecified atom stereocenters. The summed E-state index contributed by atoms with van der Waals surface area (Å²) in [6, 6.07) is 0. The van der Waals surface area contributed by atoms with Gasteiger partial charge in [0.15, 0.2) is 10.2 Å². The molecule has 0 aliphatic carbocycles. The molecule has 0 fully saturated rings. The summed E-state index contributed by atoms with van der Waals surface area (Å²) in [5.41, 5.74) is 0. The van der Waals surface area contributed by atoms with Gasteiger partial charge in [0, 0.05) is 19.1 Å². The third kappa shape index (κ3) is 3.27. The third-order valence-corrected chi connectivity index (χ3v) is 2.95. The lowest BCUT2D eigenvalue weighted by Crippen LogP contribution is -2.31. The van der Waals surface area contributed by atoms with Gasteiger partial charge in [0.1, 0.15) is 0 Å². The molecule has 0 N–H and O–H groups in total. The van der Waals surface area contributed by atoms with Gasteiger partial charge >= 0.3 is 5.97 Å². The van der Waals surface area contributed by atoms with E-state index in [-0.39, 0.29) is 18.2 Å². The summed E-state index contributed by atoms with van der Waals surface area (Å²) in [4.78, 5) is 26.6. The molecule has 1 atom stereocenters. The second kappa shape index (κ2) is 5.21. The van der Waals surface area contributed by atoms with E-state index in [0.717, 1.165) is 0 Å². The number of alkyl halides is 1. The first-order valence-electron chi connectivity index (χ1n) is 4.69. The molecule has 1 aliphatic rings. The summed E-state index contributed by atoms with van der Waals surface area (Å²) in [7, 11) is 0. The van der Waals surface area contributed by atoms with Crippen LogP contribution in [0, 0.1) is 0 Å². The van der Waals surface area contributed by atoms with Gasteiger partial charge in [-0.15, -0.1) is 0 Å². The highest BCUT2D eigenvalue weighted by atomic mass is 79.9. The summed E-state index contributed by atoms with van der Waals surface area (Å²) in [5.74, 6) is -0.455. The van der Waals surface area contributed by atoms with Gasteiger partial charge in [-0.05, 0) is 19.1 Å². The van der Waals surface area contributed by atoms with Gasteiger partial charge in [0.2, 0.25) is 0 Å². The average molecular weight is 274 g/mol. The lowest BCUT2D eigenvalue weighted by molar-refractivity contribution is -0.143. The van der Waals surface area contributed by atoms with Crippen molar-refractivity contribution in [2.45, 2.75) is 24.2 Å². The van der Waals surface area contributed by atoms with Crippen LogP contribution in [0.25, 0.3) is 0 Å². The van der Waals surface area contributed by atoms with E-state index in [9.17, 15) is 9.59 Å². The molecular weight excluding hydrogens is 262 g/mol. The summed E-state index contributed by atoms with van der Waals surface area (Å²) < 4.78 is 3.79. The minimum absolute atomic E-state index is 0.144. The van der Waals surface area contributed by atoms with E-state index in [2.05, 4.69) is 20.9 Å². The SMILES string of the molecule is CCOC(=O)CCC1(Br)N=CC=CC1=O. The van der Waals surface area contributed by atoms with Crippen LogP contribution < -0.4 is 0 Å². The monoisotopic (exact) mass is 273 g/mol. The van der Waals surface area contributed by atoms with E-state index in [1.807, 2.05) is 0 Å². The molecule has 0 amide bonds. The van der Waals surface area contributed by atoms with Crippen LogP contribution in [0.1, 0.15) is 19.8 Å². The molecule has 0 aromatic heterocycles. The number of halogens is 1. The first-order valence-corrected chi connectivity index (χ1v) is 5.48. The Morgan fingerprint density at radius 3 is 3.00 bits per heavy atom. The smallest absolute Gasteiger partial charge is 0.305 e. The number of carbonyl (C=O) groups excluding carboxylic acids is 2. The Balaban J connectivity index is 2.50. The zero-order valence-electron chi connectivity index (χ0n) is 8.40. The number of allylic oxidation sites excluding steroid dienone is 1. The molecule has 0 aromatic rings. The number of carbonyl (C=O) groups is 2. The number of ketones is 1. The van der Waals surface area contributed by atoms with Crippen molar-refractivity contribution in [3.63, 3.8) is 0 Å². The molecule has 1 rings (SSSR count). The number of hydrogen-bond acceptors (Lipinski definition) is 4. The molecule has 1 heterocycles. The lowest BCUT2D eigenvalue weighted by Gasteiger charge is -2.21. The van der Waals surface area contributed by atoms with Crippen LogP contribution in [-0.4, -0.2) is 29.0 Å². The molecule has 0 radical (unpaired) electrons. The lowest BCUT2D eigenvalue weighted by atomic mass is 10.1. The van der Waals surface area contributed by atoms with Crippen molar-refractivity contribution in [1.29, 1.82) is 0 Å². The minimum Gasteiger partial charge on any atom is -0.466 e. The quantitative estimate of drug-likeness (QED) is 0.445. The van der Waals surface area contributed by atoms with Crippen molar-refractivity contribution in [3.05, 3.63) is 12.2 Å². The van der Waals surface area contributed by atoms with Crippen LogP contribution >= 0.6 is 15.9 Å². The van der Waals surface area contributed by atoms with Gasteiger partial charge in [-0.1, -0.05) is 15.9 Å². The van der Waals surface area contributed by atoms with Crippen molar-refractivity contribution in [3.8, 4) is 0 Å². The number of aliphatic imine (C=N–C) groups is 1. The Hall–Kier alpha value is -0.970. The predicted molar refractivity (Wildman–Crippen MR) is 60.2 cm³/mol. The van der Waals surface area contributed by atoms with E-state index >= 15 is 0 Å². The standard InChI is InChI=1S/C10H12BrNO3/c1-2-15-9(14)5-6-10(11)8(13)4-3-7-12-10/h3-4,7H,2,5-6H2,1H3. The number of esters is 1. The zero-order chi connectivity index (χ0) is 11.3. The summed E-state index contributed by atoms with van der Waals surface area (Å²) in [6.45, 7) is 2.10. The topological polar surface area (TPSA) is 55.7 Å². The fourth-order valence-electron chi connectivity index (χ4n) is 1.17. The molecule has 15 heavy (non-hydrogen) atoms. The van der Waals surface area contributed by atoms with Crippen LogP contribution in [0.5, 0.6) is 0 Å². The highest BCUT2D eigenvalue weighted by Gasteiger charge is 2.34. The van der Waals surface area contributed by atoms with E-state index in [1.54, 1.807) is 19.2 Å². The first kappa shape index (κ1) is 12.1. The summed E-state index contributed by atoms with van der Waals surface area (Å²) in [5, 5.41) is 0. The van der Waals surface area contributed by atoms with Crippen LogP contribution in [0.4, 0.5) is 0 Å². The summed E-state index contributed by atoms with van der Waals surface area (Å²) in [6.07, 6.45) is 5.04. The minimum atomic E-state index is -0.978. The van der Waals surface area contributed by atoms with E-state index in [0.29, 0.717) is 13.0 Å². The Labute approximate surface area is 96.5 Å². The number of rotatable bonds is 4. The Kier molecular flexibility index (Phi) is 4.20. The third-order valence-electron chi connectivity index (χ3n) is 1.96. The molecule has 0 spiro atoms. The molecular formula is C10H12BrNO3. The Morgan fingerprint density at radius 1 is 1.67 bits per heavy atom. The normalized spacial score (nSPS) is 24.3. The maximum absolute atomic E-state index is 11.5. The van der Waals surface area contributed by atoms with Crippen LogP contribution in [-0.2, 0) is 14.3 Å². The van der Waals surface area contributed by atoms with Crippen LogP contribution in [0.3, 0.4) is 0 Å². The van der Waals surface area contributed by atoms with Crippen LogP contribution in [0.2, 0.25) is 0 Å². The number of ether oxygens (including phenoxy) is 1. The predicted octanol–water partition coefficient (Wildman–Crippen LogP) is 1.63. The van der Waals surface area contributed by atoms with Gasteiger partial charge in [0.25, 0.3) is 0 Å². The van der Waals surface area contributed by atoms with E-state index in [1.165, 1.54) is 6.08 Å². The van der Waals surface area contributed by atoms with Crippen LogP contribution in [0.15, 0.2) is 17.1 Å². The molecule has 0 saturated heterocycles. The number of nitrogens with zero attached hydrogens (tertiary/aromatic N) is 1. The largest absolute Gasteiger partial charge is 0.466 e. The maximum atomic E-state index is 11.5. The average Bonchev–Trinajstić information content (AvgIpc) is 2.21. The molecule has 5 heteroatoms. The van der Waals surface area contributed by atoms with E-state index < -0.39 is 4.45 Å². The second-order valence-electron chi connectivity index (χ2n) is 3.07. The highest BCUT2D eigenvalue weighted by molar-refractivity contribution is 9.10. The van der Waals surface area contributed by atoms with Crippen molar-refractivity contribution in [2.75, 3.05) is 6.61 Å². The zero-order valence-corrected chi connectivity index (χ0v) is 9.99. The summed E-state index contributed by atoms with van der Waals surface area (Å²) >= 11 is 3.23. The van der Waals surface area contributed by atoms with Gasteiger partial charge in [0.05, 0.1) is 6.61 Å². The fourth-order valence-corrected chi connectivity index (χ4v) is 1.62. The van der Waals surface area contributed by atoms with Gasteiger partial charge in [-0.2, -0.15) is 0 Å². The Morgan fingerprint density at radius 2 is 2.40 bits per heavy atom. The van der Waals surface area contributed by atoms with Gasteiger partial charge in [-0.25, -0.2) is 0 Å². The van der Waals surface area contributed by atoms with Crippen molar-refractivity contribution in [1.82, 2.24) is 0 Å². The molecule has 4 nitrogen and oxygen atoms in total.